The minimum atomic E-state index is -0.811. The van der Waals surface area contributed by atoms with Crippen LogP contribution in [0, 0.1) is 0 Å². The van der Waals surface area contributed by atoms with Crippen molar-refractivity contribution in [1.29, 1.82) is 0 Å². The summed E-state index contributed by atoms with van der Waals surface area (Å²) in [5.74, 6) is -0.957. The highest BCUT2D eigenvalue weighted by molar-refractivity contribution is 5.71. The van der Waals surface area contributed by atoms with Gasteiger partial charge in [-0.15, -0.1) is 0 Å². The summed E-state index contributed by atoms with van der Waals surface area (Å²) >= 11 is 0. The highest BCUT2D eigenvalue weighted by Gasteiger charge is 2.19. The Hall–Kier alpha value is -4.97. The molecule has 0 heterocycles. The van der Waals surface area contributed by atoms with Gasteiger partial charge in [0, 0.05) is 19.3 Å². The highest BCUT2D eigenvalue weighted by atomic mass is 16.6. The summed E-state index contributed by atoms with van der Waals surface area (Å²) < 4.78 is 16.9. The van der Waals surface area contributed by atoms with E-state index in [1.807, 2.05) is 0 Å². The normalized spacial score (nSPS) is 13.1. The Bertz CT molecular complexity index is 1840. The number of allylic oxidation sites excluding steroid dienone is 26. The first-order chi connectivity index (χ1) is 41.0. The predicted octanol–water partition coefficient (Wildman–Crippen LogP) is 23.7. The zero-order chi connectivity index (χ0) is 59.9. The molecule has 0 spiro atoms. The molecule has 0 amide bonds. The Labute approximate surface area is 511 Å². The van der Waals surface area contributed by atoms with Crippen molar-refractivity contribution in [1.82, 2.24) is 0 Å². The zero-order valence-electron chi connectivity index (χ0n) is 53.7. The van der Waals surface area contributed by atoms with Gasteiger partial charge in [0.05, 0.1) is 0 Å². The summed E-state index contributed by atoms with van der Waals surface area (Å²) in [6.45, 7) is 6.33. The fraction of sp³-hybridized carbons (Fsp3) is 0.623. The molecule has 0 N–H and O–H groups in total. The van der Waals surface area contributed by atoms with E-state index in [2.05, 4.69) is 179 Å². The van der Waals surface area contributed by atoms with Crippen LogP contribution in [-0.4, -0.2) is 37.2 Å². The van der Waals surface area contributed by atoms with Crippen molar-refractivity contribution in [2.75, 3.05) is 13.2 Å². The van der Waals surface area contributed by atoms with Crippen molar-refractivity contribution in [2.45, 2.75) is 297 Å². The Balaban J connectivity index is 4.27. The van der Waals surface area contributed by atoms with Gasteiger partial charge in [0.25, 0.3) is 0 Å². The minimum absolute atomic E-state index is 0.103. The van der Waals surface area contributed by atoms with Crippen molar-refractivity contribution < 1.29 is 28.6 Å². The third-order valence-electron chi connectivity index (χ3n) is 14.0. The van der Waals surface area contributed by atoms with Crippen molar-refractivity contribution in [3.8, 4) is 0 Å². The number of ether oxygens (including phenoxy) is 3. The van der Waals surface area contributed by atoms with E-state index in [0.29, 0.717) is 19.3 Å². The van der Waals surface area contributed by atoms with E-state index in [-0.39, 0.29) is 37.5 Å². The fourth-order valence-electron chi connectivity index (χ4n) is 8.96. The molecule has 468 valence electrons. The number of carbonyl (C=O) groups excluding carboxylic acids is 3. The average molecular weight is 1150 g/mol. The van der Waals surface area contributed by atoms with Crippen LogP contribution in [0.15, 0.2) is 158 Å². The number of unbranched alkanes of at least 4 members (excludes halogenated alkanes) is 23. The van der Waals surface area contributed by atoms with Gasteiger partial charge >= 0.3 is 17.9 Å². The van der Waals surface area contributed by atoms with E-state index < -0.39 is 6.10 Å². The third-order valence-corrected chi connectivity index (χ3v) is 14.0. The van der Waals surface area contributed by atoms with Gasteiger partial charge in [-0.2, -0.15) is 0 Å². The van der Waals surface area contributed by atoms with Crippen LogP contribution >= 0.6 is 0 Å². The van der Waals surface area contributed by atoms with Crippen molar-refractivity contribution in [3.63, 3.8) is 0 Å². The smallest absolute Gasteiger partial charge is 0.306 e. The zero-order valence-corrected chi connectivity index (χ0v) is 53.7. The van der Waals surface area contributed by atoms with E-state index >= 15 is 0 Å². The third kappa shape index (κ3) is 67.7. The standard InChI is InChI=1S/C77H124O6/c1-4-7-10-13-16-19-22-24-26-28-30-32-33-34-35-36-37-38-39-40-41-42-43-45-46-48-50-52-55-58-61-64-67-70-76(79)82-73-74(72-81-75(78)69-66-63-60-57-54-21-18-15-12-9-6-3)83-77(80)71-68-65-62-59-56-53-51-49-47-44-31-29-27-25-23-20-17-14-11-8-5-2/h7-8,10-11,15-20,24-27,30-32,34-35,37-38,44,49,51,56,59,74H,4-6,9,12-14,21-23,28-29,33,36,39-43,45-48,50,52-55,57-58,60-73H2,1-3H3/b10-7-,11-8-,18-15-,19-16-,20-17-,26-24-,27-25-,32-30-,35-34-,38-37-,44-31-,51-49-,59-56-. The lowest BCUT2D eigenvalue weighted by Gasteiger charge is -2.18. The molecule has 0 radical (unpaired) electrons. The molecule has 0 aliphatic rings. The van der Waals surface area contributed by atoms with E-state index in [0.717, 1.165) is 141 Å². The first-order valence-corrected chi connectivity index (χ1v) is 34.0. The van der Waals surface area contributed by atoms with Crippen LogP contribution in [0.25, 0.3) is 0 Å². The van der Waals surface area contributed by atoms with Gasteiger partial charge < -0.3 is 14.2 Å². The molecule has 6 heteroatoms. The summed E-state index contributed by atoms with van der Waals surface area (Å²) in [4.78, 5) is 38.3. The lowest BCUT2D eigenvalue weighted by atomic mass is 10.0. The molecule has 0 aliphatic heterocycles. The van der Waals surface area contributed by atoms with Crippen molar-refractivity contribution in [3.05, 3.63) is 158 Å². The number of esters is 3. The molecule has 0 bridgehead atoms. The van der Waals surface area contributed by atoms with Crippen LogP contribution in [0.4, 0.5) is 0 Å². The summed E-state index contributed by atoms with van der Waals surface area (Å²) in [6, 6.07) is 0. The molecule has 0 aromatic rings. The van der Waals surface area contributed by atoms with Crippen LogP contribution in [0.5, 0.6) is 0 Å². The molecule has 1 atom stereocenters. The second kappa shape index (κ2) is 69.5. The first kappa shape index (κ1) is 78.0. The molecule has 0 aliphatic carbocycles. The molecule has 6 nitrogen and oxygen atoms in total. The first-order valence-electron chi connectivity index (χ1n) is 34.0. The molecular formula is C77H124O6. The van der Waals surface area contributed by atoms with Gasteiger partial charge in [-0.05, 0) is 141 Å². The van der Waals surface area contributed by atoms with Gasteiger partial charge in [0.2, 0.25) is 0 Å². The maximum Gasteiger partial charge on any atom is 0.306 e. The highest BCUT2D eigenvalue weighted by Crippen LogP contribution is 2.16. The quantitative estimate of drug-likeness (QED) is 0.0261. The summed E-state index contributed by atoms with van der Waals surface area (Å²) in [5, 5.41) is 0. The monoisotopic (exact) mass is 1140 g/mol. The molecular weight excluding hydrogens is 1020 g/mol. The summed E-state index contributed by atoms with van der Waals surface area (Å²) in [6.07, 6.45) is 101. The maximum atomic E-state index is 12.9. The largest absolute Gasteiger partial charge is 0.462 e. The van der Waals surface area contributed by atoms with E-state index in [4.69, 9.17) is 14.2 Å². The Morgan fingerprint density at radius 2 is 0.470 bits per heavy atom. The number of carbonyl (C=O) groups is 3. The van der Waals surface area contributed by atoms with E-state index in [9.17, 15) is 14.4 Å². The molecule has 83 heavy (non-hydrogen) atoms. The number of hydrogen-bond donors (Lipinski definition) is 0. The molecule has 1 unspecified atom stereocenters. The Morgan fingerprint density at radius 3 is 0.771 bits per heavy atom. The summed E-state index contributed by atoms with van der Waals surface area (Å²) in [7, 11) is 0. The fourth-order valence-corrected chi connectivity index (χ4v) is 8.96. The lowest BCUT2D eigenvalue weighted by Crippen LogP contribution is -2.30. The Kier molecular flexibility index (Phi) is 65.4. The molecule has 0 aromatic heterocycles. The second-order valence-electron chi connectivity index (χ2n) is 22.0. The molecule has 0 rings (SSSR count). The molecule has 0 saturated heterocycles. The van der Waals surface area contributed by atoms with Crippen LogP contribution in [0.2, 0.25) is 0 Å². The van der Waals surface area contributed by atoms with Crippen LogP contribution in [0.3, 0.4) is 0 Å². The average Bonchev–Trinajstić information content (AvgIpc) is 3.48. The molecule has 0 saturated carbocycles. The molecule has 0 fully saturated rings. The topological polar surface area (TPSA) is 78.9 Å². The van der Waals surface area contributed by atoms with Gasteiger partial charge in [-0.25, -0.2) is 0 Å². The van der Waals surface area contributed by atoms with Gasteiger partial charge in [0.15, 0.2) is 6.10 Å². The van der Waals surface area contributed by atoms with Crippen LogP contribution < -0.4 is 0 Å². The second-order valence-corrected chi connectivity index (χ2v) is 22.0. The number of hydrogen-bond acceptors (Lipinski definition) is 6. The van der Waals surface area contributed by atoms with Gasteiger partial charge in [-0.1, -0.05) is 288 Å². The van der Waals surface area contributed by atoms with Gasteiger partial charge in [0.1, 0.15) is 13.2 Å². The number of rotatable bonds is 60. The Morgan fingerprint density at radius 1 is 0.253 bits per heavy atom. The van der Waals surface area contributed by atoms with Gasteiger partial charge in [-0.3, -0.25) is 14.4 Å². The summed E-state index contributed by atoms with van der Waals surface area (Å²) in [5.41, 5.74) is 0. The van der Waals surface area contributed by atoms with Crippen LogP contribution in [0.1, 0.15) is 290 Å². The maximum absolute atomic E-state index is 12.9. The van der Waals surface area contributed by atoms with E-state index in [1.54, 1.807) is 0 Å². The minimum Gasteiger partial charge on any atom is -0.462 e. The van der Waals surface area contributed by atoms with Crippen molar-refractivity contribution in [2.24, 2.45) is 0 Å². The van der Waals surface area contributed by atoms with E-state index in [1.165, 1.54) is 103 Å². The van der Waals surface area contributed by atoms with Crippen molar-refractivity contribution >= 4 is 17.9 Å². The van der Waals surface area contributed by atoms with Crippen LogP contribution in [-0.2, 0) is 28.6 Å². The predicted molar refractivity (Wildman–Crippen MR) is 362 cm³/mol. The lowest BCUT2D eigenvalue weighted by molar-refractivity contribution is -0.167. The SMILES string of the molecule is CC/C=C\C/C=C\C/C=C\C/C=C\C/C=C\C/C=C\CCCCCCCCCCCCCCCCC(=O)OCC(COC(=O)CCCCCCC/C=C\CCCC)OC(=O)CCCC/C=C\C/C=C\C/C=C\C/C=C\C/C=C\C/C=C\CC. The molecule has 0 aromatic carbocycles.